The number of halogens is 1. The Kier molecular flexibility index (Phi) is 5.11. The largest absolute Gasteiger partial charge is 0.312 e. The second-order valence-electron chi connectivity index (χ2n) is 5.63. The van der Waals surface area contributed by atoms with Crippen molar-refractivity contribution in [2.24, 2.45) is 0 Å². The highest BCUT2D eigenvalue weighted by molar-refractivity contribution is 7.15. The molecule has 2 amide bonds. The van der Waals surface area contributed by atoms with Gasteiger partial charge in [-0.05, 0) is 30.7 Å². The van der Waals surface area contributed by atoms with Crippen LogP contribution in [0.25, 0.3) is 0 Å². The lowest BCUT2D eigenvalue weighted by molar-refractivity contribution is -0.117. The lowest BCUT2D eigenvalue weighted by Crippen LogP contribution is -2.24. The predicted octanol–water partition coefficient (Wildman–Crippen LogP) is 3.45. The van der Waals surface area contributed by atoms with E-state index in [0.717, 1.165) is 17.1 Å². The van der Waals surface area contributed by atoms with Crippen LogP contribution in [0.4, 0.5) is 10.8 Å². The van der Waals surface area contributed by atoms with Crippen molar-refractivity contribution in [3.05, 3.63) is 34.3 Å². The van der Waals surface area contributed by atoms with E-state index in [1.807, 2.05) is 19.1 Å². The molecule has 24 heavy (non-hydrogen) atoms. The number of benzene rings is 1. The lowest BCUT2D eigenvalue weighted by Gasteiger charge is -2.16. The first-order valence-electron chi connectivity index (χ1n) is 7.76. The van der Waals surface area contributed by atoms with Crippen molar-refractivity contribution in [1.82, 2.24) is 10.2 Å². The van der Waals surface area contributed by atoms with E-state index >= 15 is 0 Å². The second kappa shape index (κ2) is 7.27. The summed E-state index contributed by atoms with van der Waals surface area (Å²) in [6.07, 6.45) is 1.63. The fourth-order valence-electron chi connectivity index (χ4n) is 2.60. The lowest BCUT2D eigenvalue weighted by atomic mass is 10.1. The summed E-state index contributed by atoms with van der Waals surface area (Å²) in [6, 6.07) is 7.20. The maximum atomic E-state index is 12.3. The summed E-state index contributed by atoms with van der Waals surface area (Å²) in [7, 11) is 0. The molecular formula is C16H17ClN4O2S. The highest BCUT2D eigenvalue weighted by atomic mass is 35.5. The predicted molar refractivity (Wildman–Crippen MR) is 94.6 cm³/mol. The van der Waals surface area contributed by atoms with Gasteiger partial charge in [0, 0.05) is 36.0 Å². The maximum Gasteiger partial charge on any atom is 0.227 e. The molecule has 0 radical (unpaired) electrons. The summed E-state index contributed by atoms with van der Waals surface area (Å²) < 4.78 is 0. The van der Waals surface area contributed by atoms with Crippen LogP contribution < -0.4 is 10.2 Å². The van der Waals surface area contributed by atoms with Crippen LogP contribution in [-0.2, 0) is 9.59 Å². The van der Waals surface area contributed by atoms with Crippen LogP contribution in [0.1, 0.15) is 37.1 Å². The fourth-order valence-corrected chi connectivity index (χ4v) is 3.58. The van der Waals surface area contributed by atoms with E-state index in [2.05, 4.69) is 15.5 Å². The second-order valence-corrected chi connectivity index (χ2v) is 7.07. The number of aromatic nitrogens is 2. The van der Waals surface area contributed by atoms with Gasteiger partial charge in [0.1, 0.15) is 5.01 Å². The zero-order chi connectivity index (χ0) is 17.1. The molecular weight excluding hydrogens is 348 g/mol. The molecule has 1 saturated heterocycles. The highest BCUT2D eigenvalue weighted by Gasteiger charge is 2.33. The molecule has 2 heterocycles. The quantitative estimate of drug-likeness (QED) is 0.881. The number of rotatable bonds is 5. The van der Waals surface area contributed by atoms with Crippen molar-refractivity contribution in [3.63, 3.8) is 0 Å². The monoisotopic (exact) mass is 364 g/mol. The van der Waals surface area contributed by atoms with E-state index in [1.54, 1.807) is 17.0 Å². The van der Waals surface area contributed by atoms with Crippen molar-refractivity contribution in [2.75, 3.05) is 16.8 Å². The van der Waals surface area contributed by atoms with Crippen molar-refractivity contribution in [1.29, 1.82) is 0 Å². The Morgan fingerprint density at radius 3 is 2.83 bits per heavy atom. The third-order valence-corrected chi connectivity index (χ3v) is 5.03. The molecule has 3 rings (SSSR count). The van der Waals surface area contributed by atoms with Crippen LogP contribution in [0.2, 0.25) is 5.02 Å². The molecule has 0 unspecified atom stereocenters. The van der Waals surface area contributed by atoms with E-state index in [9.17, 15) is 9.59 Å². The number of hydrogen-bond donors (Lipinski definition) is 1. The molecule has 0 bridgehead atoms. The zero-order valence-corrected chi connectivity index (χ0v) is 14.7. The number of amides is 2. The van der Waals surface area contributed by atoms with Gasteiger partial charge >= 0.3 is 0 Å². The van der Waals surface area contributed by atoms with Crippen LogP contribution in [0, 0.1) is 0 Å². The molecule has 1 aliphatic heterocycles. The van der Waals surface area contributed by atoms with Gasteiger partial charge in [-0.3, -0.25) is 9.59 Å². The van der Waals surface area contributed by atoms with Crippen molar-refractivity contribution >= 4 is 45.6 Å². The molecule has 2 aromatic rings. The summed E-state index contributed by atoms with van der Waals surface area (Å²) in [5.74, 6) is -0.0258. The van der Waals surface area contributed by atoms with E-state index in [4.69, 9.17) is 11.6 Å². The normalized spacial score (nSPS) is 17.3. The van der Waals surface area contributed by atoms with Gasteiger partial charge in [0.2, 0.25) is 16.9 Å². The Morgan fingerprint density at radius 1 is 1.38 bits per heavy atom. The zero-order valence-electron chi connectivity index (χ0n) is 13.2. The van der Waals surface area contributed by atoms with Crippen LogP contribution in [0.5, 0.6) is 0 Å². The molecule has 8 heteroatoms. The smallest absolute Gasteiger partial charge is 0.227 e. The highest BCUT2D eigenvalue weighted by Crippen LogP contribution is 2.34. The van der Waals surface area contributed by atoms with Gasteiger partial charge < -0.3 is 10.2 Å². The number of carbonyl (C=O) groups is 2. The molecule has 126 valence electrons. The first kappa shape index (κ1) is 16.9. The van der Waals surface area contributed by atoms with Crippen LogP contribution in [-0.4, -0.2) is 28.6 Å². The molecule has 1 atom stereocenters. The molecule has 0 spiro atoms. The minimum Gasteiger partial charge on any atom is -0.312 e. The third-order valence-electron chi connectivity index (χ3n) is 3.78. The molecule has 0 saturated carbocycles. The van der Waals surface area contributed by atoms with Gasteiger partial charge in [0.15, 0.2) is 0 Å². The van der Waals surface area contributed by atoms with Crippen LogP contribution in [0.3, 0.4) is 0 Å². The van der Waals surface area contributed by atoms with Gasteiger partial charge in [0.05, 0.1) is 0 Å². The molecule has 6 nitrogen and oxygen atoms in total. The number of carbonyl (C=O) groups excluding carboxylic acids is 2. The van der Waals surface area contributed by atoms with Gasteiger partial charge in [-0.15, -0.1) is 10.2 Å². The average molecular weight is 365 g/mol. The molecule has 1 aromatic carbocycles. The topological polar surface area (TPSA) is 75.2 Å². The minimum absolute atomic E-state index is 0.0116. The SMILES string of the molecule is CCCC(=O)Nc1nnc([C@@H]2CC(=O)N(c3ccc(Cl)cc3)C2)s1. The number of anilines is 2. The summed E-state index contributed by atoms with van der Waals surface area (Å²) in [4.78, 5) is 25.6. The molecule has 1 fully saturated rings. The summed E-state index contributed by atoms with van der Waals surface area (Å²) in [5, 5.41) is 12.8. The summed E-state index contributed by atoms with van der Waals surface area (Å²) in [6.45, 7) is 2.50. The number of hydrogen-bond acceptors (Lipinski definition) is 5. The van der Waals surface area contributed by atoms with Crippen molar-refractivity contribution in [2.45, 2.75) is 32.1 Å². The number of nitrogens with one attached hydrogen (secondary N) is 1. The van der Waals surface area contributed by atoms with Gasteiger partial charge in [-0.1, -0.05) is 29.9 Å². The fraction of sp³-hybridized carbons (Fsp3) is 0.375. The Morgan fingerprint density at radius 2 is 2.12 bits per heavy atom. The Bertz CT molecular complexity index is 747. The van der Waals surface area contributed by atoms with Crippen molar-refractivity contribution in [3.8, 4) is 0 Å². The first-order chi connectivity index (χ1) is 11.6. The van der Waals surface area contributed by atoms with E-state index < -0.39 is 0 Å². The first-order valence-corrected chi connectivity index (χ1v) is 8.95. The Hall–Kier alpha value is -1.99. The average Bonchev–Trinajstić information content (AvgIpc) is 3.15. The van der Waals surface area contributed by atoms with Crippen molar-refractivity contribution < 1.29 is 9.59 Å². The van der Waals surface area contributed by atoms with Gasteiger partial charge in [-0.25, -0.2) is 0 Å². The maximum absolute atomic E-state index is 12.3. The minimum atomic E-state index is -0.0644. The molecule has 1 aliphatic rings. The van der Waals surface area contributed by atoms with E-state index in [0.29, 0.717) is 29.5 Å². The standard InChI is InChI=1S/C16H17ClN4O2S/c1-2-3-13(22)18-16-20-19-15(24-16)10-8-14(23)21(9-10)12-6-4-11(17)5-7-12/h4-7,10H,2-3,8-9H2,1H3,(H,18,20,22)/t10-/m1/s1. The van der Waals surface area contributed by atoms with Gasteiger partial charge in [0.25, 0.3) is 0 Å². The van der Waals surface area contributed by atoms with Gasteiger partial charge in [-0.2, -0.15) is 0 Å². The van der Waals surface area contributed by atoms with Crippen LogP contribution >= 0.6 is 22.9 Å². The number of nitrogens with zero attached hydrogens (tertiary/aromatic N) is 3. The molecule has 1 N–H and O–H groups in total. The van der Waals surface area contributed by atoms with E-state index in [-0.39, 0.29) is 17.7 Å². The summed E-state index contributed by atoms with van der Waals surface area (Å²) in [5.41, 5.74) is 0.827. The third kappa shape index (κ3) is 3.73. The Labute approximate surface area is 148 Å². The summed E-state index contributed by atoms with van der Waals surface area (Å²) >= 11 is 7.22. The van der Waals surface area contributed by atoms with E-state index in [1.165, 1.54) is 11.3 Å². The molecule has 0 aliphatic carbocycles. The Balaban J connectivity index is 1.68. The molecule has 1 aromatic heterocycles. The van der Waals surface area contributed by atoms with Crippen LogP contribution in [0.15, 0.2) is 24.3 Å².